The molecule has 4 heteroatoms. The van der Waals surface area contributed by atoms with Crippen molar-refractivity contribution in [3.8, 4) is 5.75 Å². The van der Waals surface area contributed by atoms with Crippen molar-refractivity contribution in [2.24, 2.45) is 0 Å². The number of halogens is 1. The van der Waals surface area contributed by atoms with Gasteiger partial charge in [0.15, 0.2) is 11.6 Å². The molecule has 2 unspecified atom stereocenters. The smallest absolute Gasteiger partial charge is 0.165 e. The Balaban J connectivity index is 1.81. The number of ether oxygens (including phenoxy) is 1. The summed E-state index contributed by atoms with van der Waals surface area (Å²) in [6.07, 6.45) is 3.76. The van der Waals surface area contributed by atoms with Gasteiger partial charge in [-0.25, -0.2) is 4.39 Å². The van der Waals surface area contributed by atoms with E-state index < -0.39 is 0 Å². The Bertz CT molecular complexity index is 413. The van der Waals surface area contributed by atoms with E-state index >= 15 is 0 Å². The van der Waals surface area contributed by atoms with E-state index in [1.165, 1.54) is 32.1 Å². The molecule has 0 spiro atoms. The van der Waals surface area contributed by atoms with Gasteiger partial charge < -0.3 is 10.1 Å². The number of hydrogen-bond acceptors (Lipinski definition) is 3. The highest BCUT2D eigenvalue weighted by atomic mass is 32.2. The van der Waals surface area contributed by atoms with Crippen LogP contribution in [0.25, 0.3) is 0 Å². The molecule has 0 radical (unpaired) electrons. The Hall–Kier alpha value is -0.740. The topological polar surface area (TPSA) is 21.3 Å². The van der Waals surface area contributed by atoms with Gasteiger partial charge in [-0.05, 0) is 42.7 Å². The van der Waals surface area contributed by atoms with Crippen LogP contribution < -0.4 is 10.1 Å². The minimum atomic E-state index is -0.285. The third-order valence-electron chi connectivity index (χ3n) is 3.60. The van der Waals surface area contributed by atoms with Crippen LogP contribution in [0.1, 0.15) is 31.7 Å². The molecule has 2 nitrogen and oxygen atoms in total. The van der Waals surface area contributed by atoms with Crippen molar-refractivity contribution >= 4 is 11.8 Å². The van der Waals surface area contributed by atoms with Crippen molar-refractivity contribution in [3.63, 3.8) is 0 Å². The molecule has 1 N–H and O–H groups in total. The van der Waals surface area contributed by atoms with Gasteiger partial charge in [-0.2, -0.15) is 11.8 Å². The number of methoxy groups -OCH3 is 1. The minimum Gasteiger partial charge on any atom is -0.494 e. The minimum absolute atomic E-state index is 0.285. The van der Waals surface area contributed by atoms with Gasteiger partial charge in [-0.15, -0.1) is 0 Å². The van der Waals surface area contributed by atoms with Gasteiger partial charge >= 0.3 is 0 Å². The van der Waals surface area contributed by atoms with Crippen molar-refractivity contribution in [2.45, 2.75) is 44.0 Å². The van der Waals surface area contributed by atoms with Crippen LogP contribution in [0.15, 0.2) is 18.2 Å². The molecule has 1 aliphatic rings. The molecule has 1 fully saturated rings. The molecule has 0 aromatic heterocycles. The molecule has 1 aromatic rings. The zero-order chi connectivity index (χ0) is 13.7. The summed E-state index contributed by atoms with van der Waals surface area (Å²) in [5.74, 6) is 1.22. The molecule has 2 atom stereocenters. The lowest BCUT2D eigenvalue weighted by molar-refractivity contribution is 0.386. The van der Waals surface area contributed by atoms with Crippen LogP contribution >= 0.6 is 11.8 Å². The van der Waals surface area contributed by atoms with Crippen LogP contribution in [-0.4, -0.2) is 24.2 Å². The van der Waals surface area contributed by atoms with Gasteiger partial charge in [-0.1, -0.05) is 13.0 Å². The van der Waals surface area contributed by atoms with Gasteiger partial charge in [0.05, 0.1) is 7.11 Å². The lowest BCUT2D eigenvalue weighted by atomic mass is 10.2. The van der Waals surface area contributed by atoms with E-state index in [0.717, 1.165) is 17.4 Å². The number of rotatable bonds is 6. The molecule has 19 heavy (non-hydrogen) atoms. The molecule has 0 amide bonds. The summed E-state index contributed by atoms with van der Waals surface area (Å²) in [5, 5.41) is 4.33. The predicted molar refractivity (Wildman–Crippen MR) is 79.4 cm³/mol. The Morgan fingerprint density at radius 2 is 2.26 bits per heavy atom. The van der Waals surface area contributed by atoms with E-state index in [4.69, 9.17) is 4.74 Å². The Labute approximate surface area is 119 Å². The predicted octanol–water partition coefficient (Wildman–Crippen LogP) is 3.60. The maximum atomic E-state index is 13.6. The van der Waals surface area contributed by atoms with Crippen molar-refractivity contribution in [3.05, 3.63) is 29.6 Å². The summed E-state index contributed by atoms with van der Waals surface area (Å²) < 4.78 is 18.5. The molecular formula is C15H22FNOS. The number of thioether (sulfide) groups is 1. The van der Waals surface area contributed by atoms with Crippen LogP contribution in [0.3, 0.4) is 0 Å². The largest absolute Gasteiger partial charge is 0.494 e. The summed E-state index contributed by atoms with van der Waals surface area (Å²) in [6, 6.07) is 5.74. The maximum absolute atomic E-state index is 13.6. The first-order valence-electron chi connectivity index (χ1n) is 6.90. The highest BCUT2D eigenvalue weighted by Gasteiger charge is 2.23. The fourth-order valence-electron chi connectivity index (χ4n) is 2.59. The van der Waals surface area contributed by atoms with Crippen LogP contribution in [0.5, 0.6) is 5.75 Å². The average Bonchev–Trinajstić information content (AvgIpc) is 2.85. The average molecular weight is 283 g/mol. The van der Waals surface area contributed by atoms with E-state index in [1.54, 1.807) is 12.1 Å². The lowest BCUT2D eigenvalue weighted by Crippen LogP contribution is -2.26. The van der Waals surface area contributed by atoms with Crippen LogP contribution in [0, 0.1) is 5.82 Å². The maximum Gasteiger partial charge on any atom is 0.165 e. The van der Waals surface area contributed by atoms with E-state index in [1.807, 2.05) is 6.07 Å². The zero-order valence-corrected chi connectivity index (χ0v) is 12.4. The van der Waals surface area contributed by atoms with Crippen LogP contribution in [0.4, 0.5) is 4.39 Å². The van der Waals surface area contributed by atoms with Crippen molar-refractivity contribution < 1.29 is 9.13 Å². The standard InChI is InChI=1S/C15H22FNOS/c1-3-19-13-6-5-12(9-13)17-10-11-4-7-15(18-2)14(16)8-11/h4,7-8,12-13,17H,3,5-6,9-10H2,1-2H3. The second kappa shape index (κ2) is 7.15. The highest BCUT2D eigenvalue weighted by Crippen LogP contribution is 2.29. The first-order valence-corrected chi connectivity index (χ1v) is 7.95. The third kappa shape index (κ3) is 4.11. The first-order chi connectivity index (χ1) is 9.22. The Kier molecular flexibility index (Phi) is 5.52. The van der Waals surface area contributed by atoms with Crippen LogP contribution in [-0.2, 0) is 6.54 Å². The summed E-state index contributed by atoms with van der Waals surface area (Å²) in [4.78, 5) is 0. The van der Waals surface area contributed by atoms with Crippen LogP contribution in [0.2, 0.25) is 0 Å². The summed E-state index contributed by atoms with van der Waals surface area (Å²) in [5.41, 5.74) is 0.977. The molecule has 0 saturated heterocycles. The molecule has 106 valence electrons. The van der Waals surface area contributed by atoms with Crippen molar-refractivity contribution in [1.82, 2.24) is 5.32 Å². The van der Waals surface area contributed by atoms with Gasteiger partial charge in [0.1, 0.15) is 0 Å². The monoisotopic (exact) mass is 283 g/mol. The van der Waals surface area contributed by atoms with Gasteiger partial charge in [0, 0.05) is 17.8 Å². The second-order valence-corrected chi connectivity index (χ2v) is 6.51. The Morgan fingerprint density at radius 3 is 2.95 bits per heavy atom. The second-order valence-electron chi connectivity index (χ2n) is 4.94. The molecule has 0 aliphatic heterocycles. The van der Waals surface area contributed by atoms with Crippen molar-refractivity contribution in [1.29, 1.82) is 0 Å². The molecule has 1 saturated carbocycles. The fourth-order valence-corrected chi connectivity index (χ4v) is 3.74. The van der Waals surface area contributed by atoms with E-state index in [0.29, 0.717) is 11.8 Å². The summed E-state index contributed by atoms with van der Waals surface area (Å²) >= 11 is 2.06. The molecule has 0 bridgehead atoms. The normalized spacial score (nSPS) is 22.7. The highest BCUT2D eigenvalue weighted by molar-refractivity contribution is 7.99. The molecule has 1 aliphatic carbocycles. The summed E-state index contributed by atoms with van der Waals surface area (Å²) in [6.45, 7) is 2.95. The number of hydrogen-bond donors (Lipinski definition) is 1. The Morgan fingerprint density at radius 1 is 1.42 bits per heavy atom. The first kappa shape index (κ1) is 14.7. The van der Waals surface area contributed by atoms with E-state index in [2.05, 4.69) is 24.0 Å². The molecule has 1 aromatic carbocycles. The zero-order valence-electron chi connectivity index (χ0n) is 11.6. The third-order valence-corrected chi connectivity index (χ3v) is 4.83. The molecule has 0 heterocycles. The number of benzene rings is 1. The van der Waals surface area contributed by atoms with Gasteiger partial charge in [-0.3, -0.25) is 0 Å². The number of nitrogens with one attached hydrogen (secondary N) is 1. The van der Waals surface area contributed by atoms with E-state index in [9.17, 15) is 4.39 Å². The van der Waals surface area contributed by atoms with Gasteiger partial charge in [0.25, 0.3) is 0 Å². The van der Waals surface area contributed by atoms with E-state index in [-0.39, 0.29) is 5.82 Å². The SMILES string of the molecule is CCSC1CCC(NCc2ccc(OC)c(F)c2)C1. The van der Waals surface area contributed by atoms with Crippen molar-refractivity contribution in [2.75, 3.05) is 12.9 Å². The fraction of sp³-hybridized carbons (Fsp3) is 0.600. The quantitative estimate of drug-likeness (QED) is 0.862. The van der Waals surface area contributed by atoms with Gasteiger partial charge in [0.2, 0.25) is 0 Å². The molecule has 2 rings (SSSR count). The summed E-state index contributed by atoms with van der Waals surface area (Å²) in [7, 11) is 1.49. The molecular weight excluding hydrogens is 261 g/mol. The lowest BCUT2D eigenvalue weighted by Gasteiger charge is -2.13.